The second-order valence-electron chi connectivity index (χ2n) is 7.31. The lowest BCUT2D eigenvalue weighted by atomic mass is 9.98. The standard InChI is InChI=1S/C20H25N7O/c1-13-17(15-8-5-4-6-9-15)25-26(3)19(13)22-20(28)27-11-7-10-16(12-27)18-21-14(2)23-24-18/h4-6,8-9,16H,7,10-12H2,1-3H3,(H,22,28)(H,21,23,24). The number of aromatic nitrogens is 5. The molecule has 2 aromatic heterocycles. The van der Waals surface area contributed by atoms with Crippen LogP contribution in [0.2, 0.25) is 0 Å². The van der Waals surface area contributed by atoms with Crippen molar-refractivity contribution in [1.82, 2.24) is 29.9 Å². The first-order chi connectivity index (χ1) is 13.5. The van der Waals surface area contributed by atoms with Crippen molar-refractivity contribution in [2.24, 2.45) is 7.05 Å². The molecule has 1 atom stereocenters. The predicted molar refractivity (Wildman–Crippen MR) is 107 cm³/mol. The number of carbonyl (C=O) groups is 1. The van der Waals surface area contributed by atoms with E-state index in [0.717, 1.165) is 53.7 Å². The molecule has 2 N–H and O–H groups in total. The quantitative estimate of drug-likeness (QED) is 0.731. The Hall–Kier alpha value is -3.16. The normalized spacial score (nSPS) is 17.0. The van der Waals surface area contributed by atoms with Gasteiger partial charge in [0.25, 0.3) is 0 Å². The number of urea groups is 1. The largest absolute Gasteiger partial charge is 0.324 e. The van der Waals surface area contributed by atoms with Crippen LogP contribution in [-0.2, 0) is 7.05 Å². The van der Waals surface area contributed by atoms with E-state index in [2.05, 4.69) is 25.6 Å². The summed E-state index contributed by atoms with van der Waals surface area (Å²) in [6.07, 6.45) is 1.93. The lowest BCUT2D eigenvalue weighted by molar-refractivity contribution is 0.191. The highest BCUT2D eigenvalue weighted by atomic mass is 16.2. The average Bonchev–Trinajstić information content (AvgIpc) is 3.27. The highest BCUT2D eigenvalue weighted by molar-refractivity contribution is 5.90. The first kappa shape index (κ1) is 18.2. The maximum Gasteiger partial charge on any atom is 0.323 e. The first-order valence-corrected chi connectivity index (χ1v) is 9.56. The number of benzene rings is 1. The van der Waals surface area contributed by atoms with Crippen molar-refractivity contribution < 1.29 is 4.79 Å². The average molecular weight is 379 g/mol. The molecule has 3 aromatic rings. The molecule has 0 saturated carbocycles. The van der Waals surface area contributed by atoms with Crippen LogP contribution in [0.25, 0.3) is 11.3 Å². The van der Waals surface area contributed by atoms with E-state index in [-0.39, 0.29) is 11.9 Å². The summed E-state index contributed by atoms with van der Waals surface area (Å²) < 4.78 is 1.73. The van der Waals surface area contributed by atoms with Crippen LogP contribution in [0.5, 0.6) is 0 Å². The molecule has 8 nitrogen and oxygen atoms in total. The fourth-order valence-corrected chi connectivity index (χ4v) is 3.77. The van der Waals surface area contributed by atoms with Crippen molar-refractivity contribution >= 4 is 11.8 Å². The zero-order valence-electron chi connectivity index (χ0n) is 16.4. The van der Waals surface area contributed by atoms with Gasteiger partial charge in [-0.1, -0.05) is 30.3 Å². The Morgan fingerprint density at radius 1 is 1.25 bits per heavy atom. The molecule has 1 aliphatic heterocycles. The van der Waals surface area contributed by atoms with Crippen molar-refractivity contribution in [3.05, 3.63) is 47.5 Å². The monoisotopic (exact) mass is 379 g/mol. The van der Waals surface area contributed by atoms with Gasteiger partial charge in [0.05, 0.1) is 5.69 Å². The van der Waals surface area contributed by atoms with Crippen molar-refractivity contribution in [3.8, 4) is 11.3 Å². The zero-order valence-corrected chi connectivity index (χ0v) is 16.4. The molecule has 1 unspecified atom stereocenters. The molecule has 0 bridgehead atoms. The molecule has 4 rings (SSSR count). The van der Waals surface area contributed by atoms with E-state index >= 15 is 0 Å². The second kappa shape index (κ2) is 7.46. The number of H-pyrrole nitrogens is 1. The van der Waals surface area contributed by atoms with E-state index in [1.165, 1.54) is 0 Å². The Morgan fingerprint density at radius 2 is 2.04 bits per heavy atom. The summed E-state index contributed by atoms with van der Waals surface area (Å²) in [6, 6.07) is 9.89. The minimum Gasteiger partial charge on any atom is -0.324 e. The smallest absolute Gasteiger partial charge is 0.323 e. The van der Waals surface area contributed by atoms with E-state index in [0.29, 0.717) is 6.54 Å². The van der Waals surface area contributed by atoms with E-state index in [9.17, 15) is 4.79 Å². The van der Waals surface area contributed by atoms with Gasteiger partial charge >= 0.3 is 6.03 Å². The minimum absolute atomic E-state index is 0.109. The Bertz CT molecular complexity index is 976. The number of aromatic amines is 1. The number of amides is 2. The van der Waals surface area contributed by atoms with Gasteiger partial charge in [-0.3, -0.25) is 15.1 Å². The summed E-state index contributed by atoms with van der Waals surface area (Å²) in [5, 5.41) is 14.8. The molecule has 0 aliphatic carbocycles. The van der Waals surface area contributed by atoms with Crippen LogP contribution >= 0.6 is 0 Å². The van der Waals surface area contributed by atoms with Gasteiger partial charge in [0.1, 0.15) is 11.6 Å². The summed E-state index contributed by atoms with van der Waals surface area (Å²) in [5.74, 6) is 2.48. The zero-order chi connectivity index (χ0) is 19.7. The molecule has 0 spiro atoms. The number of rotatable bonds is 3. The molecule has 1 aliphatic rings. The lowest BCUT2D eigenvalue weighted by Crippen LogP contribution is -2.42. The fraction of sp³-hybridized carbons (Fsp3) is 0.400. The number of hydrogen-bond donors (Lipinski definition) is 2. The molecule has 1 fully saturated rings. The van der Waals surface area contributed by atoms with Gasteiger partial charge in [-0.15, -0.1) is 0 Å². The van der Waals surface area contributed by atoms with Crippen LogP contribution in [0.15, 0.2) is 30.3 Å². The van der Waals surface area contributed by atoms with E-state index in [4.69, 9.17) is 0 Å². The summed E-state index contributed by atoms with van der Waals surface area (Å²) in [6.45, 7) is 5.22. The lowest BCUT2D eigenvalue weighted by Gasteiger charge is -2.31. The highest BCUT2D eigenvalue weighted by Gasteiger charge is 2.28. The summed E-state index contributed by atoms with van der Waals surface area (Å²) in [4.78, 5) is 19.2. The topological polar surface area (TPSA) is 91.7 Å². The third-order valence-corrected chi connectivity index (χ3v) is 5.24. The van der Waals surface area contributed by atoms with E-state index < -0.39 is 0 Å². The summed E-state index contributed by atoms with van der Waals surface area (Å²) >= 11 is 0. The molecule has 28 heavy (non-hydrogen) atoms. The molecular formula is C20H25N7O. The predicted octanol–water partition coefficient (Wildman–Crippen LogP) is 3.23. The molecule has 146 valence electrons. The third kappa shape index (κ3) is 3.49. The van der Waals surface area contributed by atoms with Gasteiger partial charge in [0, 0.05) is 37.2 Å². The van der Waals surface area contributed by atoms with E-state index in [1.807, 2.05) is 56.1 Å². The molecule has 1 saturated heterocycles. The number of nitrogens with one attached hydrogen (secondary N) is 2. The number of hydrogen-bond acceptors (Lipinski definition) is 4. The van der Waals surface area contributed by atoms with Crippen LogP contribution in [-0.4, -0.2) is 49.0 Å². The number of nitrogens with zero attached hydrogens (tertiary/aromatic N) is 5. The van der Waals surface area contributed by atoms with E-state index in [1.54, 1.807) is 4.68 Å². The van der Waals surface area contributed by atoms with Crippen molar-refractivity contribution in [3.63, 3.8) is 0 Å². The van der Waals surface area contributed by atoms with Crippen LogP contribution in [0.3, 0.4) is 0 Å². The molecule has 3 heterocycles. The Labute approximate surface area is 164 Å². The summed E-state index contributed by atoms with van der Waals surface area (Å²) in [5.41, 5.74) is 2.88. The van der Waals surface area contributed by atoms with Gasteiger partial charge in [-0.05, 0) is 26.7 Å². The first-order valence-electron chi connectivity index (χ1n) is 9.56. The van der Waals surface area contributed by atoms with Crippen LogP contribution in [0, 0.1) is 13.8 Å². The van der Waals surface area contributed by atoms with Crippen LogP contribution in [0.1, 0.15) is 36.0 Å². The maximum absolute atomic E-state index is 12.9. The number of carbonyl (C=O) groups excluding carboxylic acids is 1. The van der Waals surface area contributed by atoms with Gasteiger partial charge in [0.2, 0.25) is 0 Å². The molecule has 0 radical (unpaired) electrons. The van der Waals surface area contributed by atoms with Gasteiger partial charge < -0.3 is 4.90 Å². The Balaban J connectivity index is 1.50. The van der Waals surface area contributed by atoms with Crippen molar-refractivity contribution in [2.75, 3.05) is 18.4 Å². The van der Waals surface area contributed by atoms with Crippen LogP contribution < -0.4 is 5.32 Å². The highest BCUT2D eigenvalue weighted by Crippen LogP contribution is 2.29. The number of piperidine rings is 1. The molecule has 1 aromatic carbocycles. The minimum atomic E-state index is -0.109. The van der Waals surface area contributed by atoms with Gasteiger partial charge in [0.15, 0.2) is 5.82 Å². The van der Waals surface area contributed by atoms with Crippen molar-refractivity contribution in [1.29, 1.82) is 0 Å². The Morgan fingerprint density at radius 3 is 2.75 bits per heavy atom. The number of anilines is 1. The second-order valence-corrected chi connectivity index (χ2v) is 7.31. The molecule has 2 amide bonds. The maximum atomic E-state index is 12.9. The van der Waals surface area contributed by atoms with Gasteiger partial charge in [-0.25, -0.2) is 9.78 Å². The van der Waals surface area contributed by atoms with Crippen molar-refractivity contribution in [2.45, 2.75) is 32.6 Å². The molecule has 8 heteroatoms. The van der Waals surface area contributed by atoms with Gasteiger partial charge in [-0.2, -0.15) is 10.2 Å². The van der Waals surface area contributed by atoms with Crippen LogP contribution in [0.4, 0.5) is 10.6 Å². The fourth-order valence-electron chi connectivity index (χ4n) is 3.77. The third-order valence-electron chi connectivity index (χ3n) is 5.24. The number of aryl methyl sites for hydroxylation is 2. The Kier molecular flexibility index (Phi) is 4.85. The number of likely N-dealkylation sites (tertiary alicyclic amines) is 1. The SMILES string of the molecule is Cc1nc(C2CCCN(C(=O)Nc3c(C)c(-c4ccccc4)nn3C)C2)n[nH]1. The molecular weight excluding hydrogens is 354 g/mol. The summed E-state index contributed by atoms with van der Waals surface area (Å²) in [7, 11) is 1.85.